The van der Waals surface area contributed by atoms with E-state index in [1.807, 2.05) is 72.8 Å². The van der Waals surface area contributed by atoms with Crippen LogP contribution in [0, 0.1) is 5.82 Å². The van der Waals surface area contributed by atoms with Crippen LogP contribution in [0.5, 0.6) is 5.75 Å². The molecule has 0 fully saturated rings. The molecule has 5 aromatic rings. The maximum atomic E-state index is 13.5. The van der Waals surface area contributed by atoms with E-state index in [2.05, 4.69) is 27.3 Å². The summed E-state index contributed by atoms with van der Waals surface area (Å²) >= 11 is 1.46. The molecule has 0 aliphatic heterocycles. The van der Waals surface area contributed by atoms with Crippen molar-refractivity contribution in [2.24, 2.45) is 0 Å². The molecule has 5 nitrogen and oxygen atoms in total. The number of rotatable bonds is 12. The molecule has 1 aromatic heterocycles. The third-order valence-electron chi connectivity index (χ3n) is 6.34. The number of nitrogens with one attached hydrogen (secondary N) is 1. The molecular formula is C33H30FN3O2S. The summed E-state index contributed by atoms with van der Waals surface area (Å²) in [7, 11) is 0. The average molecular weight is 552 g/mol. The van der Waals surface area contributed by atoms with Gasteiger partial charge in [0, 0.05) is 25.0 Å². The third-order valence-corrected chi connectivity index (χ3v) is 7.17. The monoisotopic (exact) mass is 551 g/mol. The van der Waals surface area contributed by atoms with Crippen LogP contribution in [0.15, 0.2) is 115 Å². The first kappa shape index (κ1) is 27.2. The lowest BCUT2D eigenvalue weighted by Crippen LogP contribution is -2.24. The predicted octanol–water partition coefficient (Wildman–Crippen LogP) is 6.99. The van der Waals surface area contributed by atoms with Gasteiger partial charge in [-0.3, -0.25) is 9.69 Å². The van der Waals surface area contributed by atoms with Gasteiger partial charge in [-0.2, -0.15) is 0 Å². The molecule has 0 unspecified atom stereocenters. The summed E-state index contributed by atoms with van der Waals surface area (Å²) in [5.74, 6) is 0.360. The summed E-state index contributed by atoms with van der Waals surface area (Å²) < 4.78 is 19.4. The smallest absolute Gasteiger partial charge is 0.271 e. The van der Waals surface area contributed by atoms with Crippen molar-refractivity contribution in [2.45, 2.75) is 32.8 Å². The van der Waals surface area contributed by atoms with Crippen molar-refractivity contribution in [1.82, 2.24) is 15.2 Å². The zero-order valence-electron chi connectivity index (χ0n) is 22.0. The van der Waals surface area contributed by atoms with Gasteiger partial charge in [0.1, 0.15) is 28.9 Å². The summed E-state index contributed by atoms with van der Waals surface area (Å²) in [6.45, 7) is 2.80. The van der Waals surface area contributed by atoms with Gasteiger partial charge in [0.2, 0.25) is 0 Å². The van der Waals surface area contributed by atoms with Gasteiger partial charge in [-0.1, -0.05) is 84.9 Å². The molecule has 1 heterocycles. The van der Waals surface area contributed by atoms with Crippen molar-refractivity contribution < 1.29 is 13.9 Å². The number of nitrogens with zero attached hydrogens (tertiary/aromatic N) is 2. The van der Waals surface area contributed by atoms with Crippen LogP contribution >= 0.6 is 11.3 Å². The first-order chi connectivity index (χ1) is 19.6. The van der Waals surface area contributed by atoms with E-state index in [9.17, 15) is 9.18 Å². The SMILES string of the molecule is O=C(NCc1ccccc1)c1csc(CN(Cc2ccc(F)cc2)Cc2ccc(OCc3ccccc3)cc2)n1. The van der Waals surface area contributed by atoms with Gasteiger partial charge in [-0.25, -0.2) is 9.37 Å². The van der Waals surface area contributed by atoms with Crippen molar-refractivity contribution in [2.75, 3.05) is 0 Å². The second-order valence-electron chi connectivity index (χ2n) is 9.48. The molecule has 1 amide bonds. The largest absolute Gasteiger partial charge is 0.489 e. The van der Waals surface area contributed by atoms with E-state index < -0.39 is 0 Å². The van der Waals surface area contributed by atoms with Crippen LogP contribution in [0.1, 0.15) is 37.7 Å². The maximum absolute atomic E-state index is 13.5. The number of aromatic nitrogens is 1. The molecule has 0 aliphatic carbocycles. The molecule has 0 radical (unpaired) electrons. The fourth-order valence-corrected chi connectivity index (χ4v) is 5.07. The highest BCUT2D eigenvalue weighted by atomic mass is 32.1. The first-order valence-corrected chi connectivity index (χ1v) is 14.0. The Morgan fingerprint density at radius 2 is 1.35 bits per heavy atom. The quantitative estimate of drug-likeness (QED) is 0.182. The van der Waals surface area contributed by atoms with Crippen LogP contribution in [0.2, 0.25) is 0 Å². The van der Waals surface area contributed by atoms with Gasteiger partial charge in [0.15, 0.2) is 0 Å². The Morgan fingerprint density at radius 1 is 0.750 bits per heavy atom. The number of amides is 1. The van der Waals surface area contributed by atoms with Gasteiger partial charge in [-0.15, -0.1) is 11.3 Å². The molecule has 1 N–H and O–H groups in total. The van der Waals surface area contributed by atoms with Crippen LogP contribution in [0.3, 0.4) is 0 Å². The summed E-state index contributed by atoms with van der Waals surface area (Å²) in [6.07, 6.45) is 0. The molecule has 0 saturated heterocycles. The van der Waals surface area contributed by atoms with E-state index in [0.717, 1.165) is 33.0 Å². The second kappa shape index (κ2) is 13.6. The van der Waals surface area contributed by atoms with E-state index in [4.69, 9.17) is 4.74 Å². The van der Waals surface area contributed by atoms with Crippen LogP contribution in [-0.4, -0.2) is 15.8 Å². The lowest BCUT2D eigenvalue weighted by atomic mass is 10.1. The molecule has 0 saturated carbocycles. The number of carbonyl (C=O) groups is 1. The molecule has 202 valence electrons. The minimum Gasteiger partial charge on any atom is -0.489 e. The maximum Gasteiger partial charge on any atom is 0.271 e. The number of benzene rings is 4. The van der Waals surface area contributed by atoms with Crippen molar-refractivity contribution in [1.29, 1.82) is 0 Å². The van der Waals surface area contributed by atoms with E-state index >= 15 is 0 Å². The Hall–Kier alpha value is -4.33. The Bertz CT molecular complexity index is 1490. The zero-order chi connectivity index (χ0) is 27.6. The molecule has 7 heteroatoms. The fraction of sp³-hybridized carbons (Fsp3) is 0.152. The molecule has 4 aromatic carbocycles. The van der Waals surface area contributed by atoms with Crippen LogP contribution in [0.4, 0.5) is 4.39 Å². The molecular weight excluding hydrogens is 521 g/mol. The minimum absolute atomic E-state index is 0.192. The van der Waals surface area contributed by atoms with Crippen molar-refractivity contribution in [3.63, 3.8) is 0 Å². The number of halogens is 1. The Labute approximate surface area is 237 Å². The Balaban J connectivity index is 1.23. The number of thiazole rings is 1. The van der Waals surface area contributed by atoms with E-state index in [0.29, 0.717) is 38.5 Å². The van der Waals surface area contributed by atoms with Gasteiger partial charge in [0.25, 0.3) is 5.91 Å². The normalized spacial score (nSPS) is 10.9. The first-order valence-electron chi connectivity index (χ1n) is 13.1. The van der Waals surface area contributed by atoms with Crippen molar-refractivity contribution in [3.05, 3.63) is 153 Å². The lowest BCUT2D eigenvalue weighted by molar-refractivity contribution is 0.0946. The Morgan fingerprint density at radius 3 is 2.00 bits per heavy atom. The summed E-state index contributed by atoms with van der Waals surface area (Å²) in [5.41, 5.74) is 4.69. The van der Waals surface area contributed by atoms with Crippen molar-refractivity contribution >= 4 is 17.2 Å². The minimum atomic E-state index is -0.257. The number of hydrogen-bond donors (Lipinski definition) is 1. The number of hydrogen-bond acceptors (Lipinski definition) is 5. The highest BCUT2D eigenvalue weighted by Gasteiger charge is 2.15. The molecule has 5 rings (SSSR count). The molecule has 0 bridgehead atoms. The van der Waals surface area contributed by atoms with Gasteiger partial charge < -0.3 is 10.1 Å². The number of carbonyl (C=O) groups excluding carboxylic acids is 1. The summed E-state index contributed by atoms with van der Waals surface area (Å²) in [5, 5.41) is 5.58. The third kappa shape index (κ3) is 8.09. The lowest BCUT2D eigenvalue weighted by Gasteiger charge is -2.22. The van der Waals surface area contributed by atoms with E-state index in [-0.39, 0.29) is 11.7 Å². The van der Waals surface area contributed by atoms with Gasteiger partial charge in [0.05, 0.1) is 6.54 Å². The molecule has 0 spiro atoms. The zero-order valence-corrected chi connectivity index (χ0v) is 22.8. The van der Waals surface area contributed by atoms with Crippen LogP contribution in [0.25, 0.3) is 0 Å². The second-order valence-corrected chi connectivity index (χ2v) is 10.4. The average Bonchev–Trinajstić information content (AvgIpc) is 3.46. The predicted molar refractivity (Wildman–Crippen MR) is 156 cm³/mol. The van der Waals surface area contributed by atoms with Crippen LogP contribution in [-0.2, 0) is 32.8 Å². The van der Waals surface area contributed by atoms with Crippen molar-refractivity contribution in [3.8, 4) is 5.75 Å². The van der Waals surface area contributed by atoms with E-state index in [1.54, 1.807) is 17.5 Å². The summed E-state index contributed by atoms with van der Waals surface area (Å²) in [4.78, 5) is 19.5. The number of ether oxygens (including phenoxy) is 1. The topological polar surface area (TPSA) is 54.5 Å². The van der Waals surface area contributed by atoms with Gasteiger partial charge >= 0.3 is 0 Å². The Kier molecular flexibility index (Phi) is 9.29. The van der Waals surface area contributed by atoms with E-state index in [1.165, 1.54) is 23.5 Å². The fourth-order valence-electron chi connectivity index (χ4n) is 4.25. The highest BCUT2D eigenvalue weighted by Crippen LogP contribution is 2.20. The molecule has 0 aliphatic rings. The van der Waals surface area contributed by atoms with Gasteiger partial charge in [-0.05, 0) is 46.5 Å². The molecule has 0 atom stereocenters. The standard InChI is InChI=1S/C33H30FN3O2S/c34-29-15-11-26(12-16-29)20-37(21-27-13-17-30(18-14-27)39-23-28-9-5-2-6-10-28)22-32-36-31(24-40-32)33(38)35-19-25-7-3-1-4-8-25/h1-18,24H,19-23H2,(H,35,38). The molecule has 40 heavy (non-hydrogen) atoms. The highest BCUT2D eigenvalue weighted by molar-refractivity contribution is 7.09. The summed E-state index contributed by atoms with van der Waals surface area (Å²) in [6, 6.07) is 34.5. The van der Waals surface area contributed by atoms with Crippen LogP contribution < -0.4 is 10.1 Å².